The van der Waals surface area contributed by atoms with Crippen LogP contribution in [-0.2, 0) is 0 Å². The molecule has 0 aliphatic carbocycles. The highest BCUT2D eigenvalue weighted by atomic mass is 79.9. The second-order valence-corrected chi connectivity index (χ2v) is 6.79. The monoisotopic (exact) mass is 342 g/mol. The summed E-state index contributed by atoms with van der Waals surface area (Å²) in [6, 6.07) is 8.21. The van der Waals surface area contributed by atoms with E-state index < -0.39 is 0 Å². The van der Waals surface area contributed by atoms with Crippen molar-refractivity contribution in [2.45, 2.75) is 50.7 Å². The number of nitrogens with zero attached hydrogens (tertiary/aromatic N) is 1. The summed E-state index contributed by atoms with van der Waals surface area (Å²) in [6.45, 7) is 3.27. The number of hydrogen-bond acceptors (Lipinski definition) is 2. The van der Waals surface area contributed by atoms with Crippen LogP contribution in [0, 0.1) is 0 Å². The first-order chi connectivity index (χ1) is 9.20. The smallest absolute Gasteiger partial charge is 0.0595 e. The standard InChI is InChI=1S/C15H20BrClN2/c1-2-18-10-8-11-6-7-12(9-10)19(11)14-5-3-4-13(17)15(14)16/h3-5,10-12,18H,2,6-9H2,1H3. The molecule has 2 aliphatic rings. The molecular weight excluding hydrogens is 324 g/mol. The van der Waals surface area contributed by atoms with Gasteiger partial charge in [0, 0.05) is 18.1 Å². The van der Waals surface area contributed by atoms with E-state index in [0.717, 1.165) is 16.0 Å². The van der Waals surface area contributed by atoms with Crippen LogP contribution in [0.3, 0.4) is 0 Å². The van der Waals surface area contributed by atoms with Crippen molar-refractivity contribution in [2.24, 2.45) is 0 Å². The summed E-state index contributed by atoms with van der Waals surface area (Å²) < 4.78 is 1.05. The average Bonchev–Trinajstić information content (AvgIpc) is 2.65. The van der Waals surface area contributed by atoms with Gasteiger partial charge < -0.3 is 10.2 Å². The van der Waals surface area contributed by atoms with Crippen LogP contribution in [0.25, 0.3) is 0 Å². The molecule has 1 N–H and O–H groups in total. The van der Waals surface area contributed by atoms with E-state index in [4.69, 9.17) is 11.6 Å². The van der Waals surface area contributed by atoms with Gasteiger partial charge >= 0.3 is 0 Å². The molecule has 2 atom stereocenters. The lowest BCUT2D eigenvalue weighted by Crippen LogP contribution is -2.49. The third kappa shape index (κ3) is 2.53. The number of fused-ring (bicyclic) bond motifs is 2. The molecule has 2 bridgehead atoms. The van der Waals surface area contributed by atoms with Gasteiger partial charge in [-0.1, -0.05) is 24.6 Å². The van der Waals surface area contributed by atoms with E-state index in [1.807, 2.05) is 6.07 Å². The van der Waals surface area contributed by atoms with Crippen molar-refractivity contribution >= 4 is 33.2 Å². The van der Waals surface area contributed by atoms with Gasteiger partial charge in [-0.05, 0) is 60.3 Å². The Kier molecular flexibility index (Phi) is 4.06. The van der Waals surface area contributed by atoms with Crippen molar-refractivity contribution in [3.05, 3.63) is 27.7 Å². The highest BCUT2D eigenvalue weighted by molar-refractivity contribution is 9.10. The van der Waals surface area contributed by atoms with E-state index >= 15 is 0 Å². The normalized spacial score (nSPS) is 29.8. The molecule has 2 unspecified atom stereocenters. The fourth-order valence-electron chi connectivity index (χ4n) is 3.72. The lowest BCUT2D eigenvalue weighted by molar-refractivity contribution is 0.361. The zero-order valence-corrected chi connectivity index (χ0v) is 13.5. The Bertz CT molecular complexity index is 451. The van der Waals surface area contributed by atoms with Crippen LogP contribution < -0.4 is 10.2 Å². The van der Waals surface area contributed by atoms with E-state index in [-0.39, 0.29) is 0 Å². The maximum atomic E-state index is 6.24. The van der Waals surface area contributed by atoms with Gasteiger partial charge in [0.05, 0.1) is 15.2 Å². The molecule has 19 heavy (non-hydrogen) atoms. The molecule has 1 aromatic rings. The van der Waals surface area contributed by atoms with Crippen LogP contribution in [0.4, 0.5) is 5.69 Å². The third-order valence-corrected chi connectivity index (χ3v) is 5.81. The van der Waals surface area contributed by atoms with Crippen LogP contribution in [0.5, 0.6) is 0 Å². The highest BCUT2D eigenvalue weighted by Crippen LogP contribution is 2.43. The maximum Gasteiger partial charge on any atom is 0.0595 e. The van der Waals surface area contributed by atoms with Crippen molar-refractivity contribution in [1.82, 2.24) is 5.32 Å². The second kappa shape index (κ2) is 5.63. The Morgan fingerprint density at radius 3 is 2.63 bits per heavy atom. The molecule has 0 spiro atoms. The van der Waals surface area contributed by atoms with Crippen LogP contribution in [0.15, 0.2) is 22.7 Å². The topological polar surface area (TPSA) is 15.3 Å². The summed E-state index contributed by atoms with van der Waals surface area (Å²) in [6.07, 6.45) is 5.13. The molecule has 0 saturated carbocycles. The van der Waals surface area contributed by atoms with Crippen LogP contribution in [-0.4, -0.2) is 24.7 Å². The molecule has 3 rings (SSSR count). The molecule has 2 saturated heterocycles. The highest BCUT2D eigenvalue weighted by Gasteiger charge is 2.41. The SMILES string of the molecule is CCNC1CC2CCC(C1)N2c1cccc(Cl)c1Br. The summed E-state index contributed by atoms with van der Waals surface area (Å²) in [5, 5.41) is 4.43. The fourth-order valence-corrected chi connectivity index (χ4v) is 4.36. The van der Waals surface area contributed by atoms with E-state index in [9.17, 15) is 0 Å². The van der Waals surface area contributed by atoms with Crippen molar-refractivity contribution < 1.29 is 0 Å². The van der Waals surface area contributed by atoms with E-state index in [2.05, 4.69) is 45.2 Å². The first kappa shape index (κ1) is 13.7. The number of hydrogen-bond donors (Lipinski definition) is 1. The van der Waals surface area contributed by atoms with E-state index in [1.165, 1.54) is 31.4 Å². The van der Waals surface area contributed by atoms with Crippen LogP contribution in [0.2, 0.25) is 5.02 Å². The zero-order valence-electron chi connectivity index (χ0n) is 11.2. The lowest BCUT2D eigenvalue weighted by atomic mass is 9.96. The fraction of sp³-hybridized carbons (Fsp3) is 0.600. The Balaban J connectivity index is 1.85. The Morgan fingerprint density at radius 2 is 2.00 bits per heavy atom. The van der Waals surface area contributed by atoms with E-state index in [1.54, 1.807) is 0 Å². The van der Waals surface area contributed by atoms with Crippen LogP contribution >= 0.6 is 27.5 Å². The van der Waals surface area contributed by atoms with Crippen molar-refractivity contribution in [3.63, 3.8) is 0 Å². The average molecular weight is 344 g/mol. The first-order valence-electron chi connectivity index (χ1n) is 7.16. The third-order valence-electron chi connectivity index (χ3n) is 4.44. The van der Waals surface area contributed by atoms with Gasteiger partial charge in [-0.15, -0.1) is 0 Å². The molecule has 0 aromatic heterocycles. The molecule has 1 aromatic carbocycles. The largest absolute Gasteiger partial charge is 0.364 e. The van der Waals surface area contributed by atoms with Gasteiger partial charge in [0.15, 0.2) is 0 Å². The maximum absolute atomic E-state index is 6.24. The van der Waals surface area contributed by atoms with Crippen LogP contribution in [0.1, 0.15) is 32.6 Å². The number of nitrogens with one attached hydrogen (secondary N) is 1. The van der Waals surface area contributed by atoms with Gasteiger partial charge in [-0.3, -0.25) is 0 Å². The van der Waals surface area contributed by atoms with Gasteiger partial charge in [0.1, 0.15) is 0 Å². The number of halogens is 2. The summed E-state index contributed by atoms with van der Waals surface area (Å²) in [4.78, 5) is 2.60. The molecule has 2 fully saturated rings. The molecular formula is C15H20BrClN2. The Morgan fingerprint density at radius 1 is 1.32 bits per heavy atom. The van der Waals surface area contributed by atoms with Crippen molar-refractivity contribution in [3.8, 4) is 0 Å². The molecule has 0 amide bonds. The lowest BCUT2D eigenvalue weighted by Gasteiger charge is -2.41. The van der Waals surface area contributed by atoms with Crippen molar-refractivity contribution in [2.75, 3.05) is 11.4 Å². The minimum Gasteiger partial charge on any atom is -0.364 e. The van der Waals surface area contributed by atoms with Gasteiger partial charge in [-0.2, -0.15) is 0 Å². The summed E-state index contributed by atoms with van der Waals surface area (Å²) >= 11 is 9.90. The zero-order chi connectivity index (χ0) is 13.4. The Hall–Kier alpha value is -0.250. The van der Waals surface area contributed by atoms with Gasteiger partial charge in [-0.25, -0.2) is 0 Å². The quantitative estimate of drug-likeness (QED) is 0.884. The molecule has 104 valence electrons. The molecule has 4 heteroatoms. The first-order valence-corrected chi connectivity index (χ1v) is 8.33. The molecule has 2 heterocycles. The minimum atomic E-state index is 0.664. The summed E-state index contributed by atoms with van der Waals surface area (Å²) in [5.41, 5.74) is 1.27. The number of piperidine rings is 1. The minimum absolute atomic E-state index is 0.664. The summed E-state index contributed by atoms with van der Waals surface area (Å²) in [5.74, 6) is 0. The van der Waals surface area contributed by atoms with Crippen molar-refractivity contribution in [1.29, 1.82) is 0 Å². The Labute approximate surface area is 128 Å². The van der Waals surface area contributed by atoms with Gasteiger partial charge in [0.25, 0.3) is 0 Å². The summed E-state index contributed by atoms with van der Waals surface area (Å²) in [7, 11) is 0. The molecule has 2 nitrogen and oxygen atoms in total. The van der Waals surface area contributed by atoms with E-state index in [0.29, 0.717) is 18.1 Å². The number of anilines is 1. The molecule has 2 aliphatic heterocycles. The predicted octanol–water partition coefficient (Wildman–Crippen LogP) is 4.21. The second-order valence-electron chi connectivity index (χ2n) is 5.59. The van der Waals surface area contributed by atoms with Gasteiger partial charge in [0.2, 0.25) is 0 Å². The molecule has 0 radical (unpaired) electrons. The predicted molar refractivity (Wildman–Crippen MR) is 85.1 cm³/mol. The number of rotatable bonds is 3. The number of benzene rings is 1.